The molecule has 0 aliphatic carbocycles. The second-order valence-electron chi connectivity index (χ2n) is 7.07. The van der Waals surface area contributed by atoms with Crippen LogP contribution < -0.4 is 10.6 Å². The molecule has 31 heavy (non-hydrogen) atoms. The van der Waals surface area contributed by atoms with Crippen molar-refractivity contribution in [2.45, 2.75) is 37.5 Å². The van der Waals surface area contributed by atoms with Gasteiger partial charge in [0.05, 0.1) is 18.9 Å². The van der Waals surface area contributed by atoms with Gasteiger partial charge in [-0.1, -0.05) is 12.1 Å². The second kappa shape index (κ2) is 9.20. The van der Waals surface area contributed by atoms with Crippen molar-refractivity contribution in [3.05, 3.63) is 45.0 Å². The van der Waals surface area contributed by atoms with Crippen LogP contribution in [0.5, 0.6) is 0 Å². The Morgan fingerprint density at radius 3 is 2.87 bits per heavy atom. The lowest BCUT2D eigenvalue weighted by Crippen LogP contribution is -2.34. The van der Waals surface area contributed by atoms with Crippen LogP contribution >= 0.6 is 34.2 Å². The molecule has 4 N–H and O–H groups in total. The number of nitrogens with one attached hydrogen (secondary N) is 2. The number of carbonyl (C=O) groups excluding carboxylic acids is 1. The largest absolute Gasteiger partial charge is 0.388 e. The lowest BCUT2D eigenvalue weighted by atomic mass is 10.1. The molecule has 1 aliphatic rings. The molecule has 1 fully saturated rings. The molecule has 2 aromatic heterocycles. The van der Waals surface area contributed by atoms with Crippen molar-refractivity contribution in [2.75, 3.05) is 12.4 Å². The molecule has 4 rings (SSSR count). The van der Waals surface area contributed by atoms with Gasteiger partial charge in [0.15, 0.2) is 23.2 Å². The molecule has 3 aromatic rings. The van der Waals surface area contributed by atoms with Gasteiger partial charge in [-0.3, -0.25) is 9.36 Å². The molecule has 0 saturated carbocycles. The van der Waals surface area contributed by atoms with Crippen molar-refractivity contribution in [2.24, 2.45) is 0 Å². The van der Waals surface area contributed by atoms with E-state index in [-0.39, 0.29) is 17.6 Å². The Morgan fingerprint density at radius 1 is 1.32 bits per heavy atom. The van der Waals surface area contributed by atoms with Crippen LogP contribution in [0.3, 0.4) is 0 Å². The summed E-state index contributed by atoms with van der Waals surface area (Å²) in [7, 11) is 1.49. The first-order valence-corrected chi connectivity index (χ1v) is 10.9. The Hall–Kier alpha value is -2.06. The first kappa shape index (κ1) is 22.1. The fourth-order valence-electron chi connectivity index (χ4n) is 3.44. The summed E-state index contributed by atoms with van der Waals surface area (Å²) in [5.41, 5.74) is 1.83. The van der Waals surface area contributed by atoms with Crippen molar-refractivity contribution < 1.29 is 19.7 Å². The van der Waals surface area contributed by atoms with E-state index in [9.17, 15) is 15.0 Å². The monoisotopic (exact) mass is 558 g/mol. The molecule has 1 amide bonds. The lowest BCUT2D eigenvalue weighted by Gasteiger charge is -2.16. The van der Waals surface area contributed by atoms with Crippen molar-refractivity contribution in [3.8, 4) is 0 Å². The highest BCUT2D eigenvalue weighted by atomic mass is 127. The Bertz CT molecular complexity index is 1110. The van der Waals surface area contributed by atoms with E-state index in [0.717, 1.165) is 9.13 Å². The van der Waals surface area contributed by atoms with E-state index in [1.54, 1.807) is 0 Å². The quantitative estimate of drug-likeness (QED) is 0.264. The van der Waals surface area contributed by atoms with E-state index >= 15 is 0 Å². The van der Waals surface area contributed by atoms with Gasteiger partial charge in [-0.05, 0) is 51.9 Å². The van der Waals surface area contributed by atoms with Gasteiger partial charge >= 0.3 is 0 Å². The summed E-state index contributed by atoms with van der Waals surface area (Å²) in [5, 5.41) is 26.5. The van der Waals surface area contributed by atoms with E-state index in [1.807, 2.05) is 24.3 Å². The molecule has 1 saturated heterocycles. The lowest BCUT2D eigenvalue weighted by molar-refractivity contribution is -0.125. The van der Waals surface area contributed by atoms with Crippen molar-refractivity contribution in [1.29, 1.82) is 0 Å². The van der Waals surface area contributed by atoms with Crippen LogP contribution in [-0.4, -0.2) is 61.0 Å². The summed E-state index contributed by atoms with van der Waals surface area (Å²) in [6.07, 6.45) is -3.01. The number of fused-ring (bicyclic) bond motifs is 1. The predicted octanol–water partition coefficient (Wildman–Crippen LogP) is 1.45. The number of ether oxygens (including phenoxy) is 1. The predicted molar refractivity (Wildman–Crippen MR) is 121 cm³/mol. The van der Waals surface area contributed by atoms with E-state index in [1.165, 1.54) is 17.9 Å². The number of anilines is 1. The molecule has 0 unspecified atom stereocenters. The Kier molecular flexibility index (Phi) is 6.57. The molecule has 12 heteroatoms. The molecule has 3 heterocycles. The summed E-state index contributed by atoms with van der Waals surface area (Å²) < 4.78 is 8.37. The maximum atomic E-state index is 11.7. The van der Waals surface area contributed by atoms with Gasteiger partial charge in [0, 0.05) is 17.2 Å². The van der Waals surface area contributed by atoms with E-state index in [2.05, 4.69) is 48.2 Å². The first-order chi connectivity index (χ1) is 14.9. The Labute approximate surface area is 196 Å². The minimum atomic E-state index is -1.27. The summed E-state index contributed by atoms with van der Waals surface area (Å²) in [5.74, 6) is 0.127. The summed E-state index contributed by atoms with van der Waals surface area (Å²) >= 11 is 8.38. The number of carbonyl (C=O) groups is 1. The number of aliphatic hydroxyl groups is 2. The van der Waals surface area contributed by atoms with Crippen LogP contribution in [0.15, 0.2) is 30.6 Å². The van der Waals surface area contributed by atoms with E-state index < -0.39 is 24.5 Å². The van der Waals surface area contributed by atoms with Gasteiger partial charge < -0.3 is 25.6 Å². The number of halogens is 2. The summed E-state index contributed by atoms with van der Waals surface area (Å²) in [6, 6.07) is 8.01. The van der Waals surface area contributed by atoms with Crippen LogP contribution in [0.2, 0.25) is 5.28 Å². The highest BCUT2D eigenvalue weighted by Gasteiger charge is 2.45. The molecule has 0 spiro atoms. The zero-order chi connectivity index (χ0) is 22.1. The van der Waals surface area contributed by atoms with Crippen LogP contribution in [0.4, 0.5) is 5.82 Å². The van der Waals surface area contributed by atoms with Gasteiger partial charge in [-0.15, -0.1) is 0 Å². The van der Waals surface area contributed by atoms with Gasteiger partial charge in [0.1, 0.15) is 12.2 Å². The number of amides is 1. The van der Waals surface area contributed by atoms with Crippen molar-refractivity contribution >= 4 is 57.1 Å². The average Bonchev–Trinajstić information content (AvgIpc) is 3.28. The molecular formula is C19H20ClIN6O4. The topological polar surface area (TPSA) is 134 Å². The number of aliphatic hydroxyl groups excluding tert-OH is 2. The molecule has 0 bridgehead atoms. The smallest absolute Gasteiger partial charge is 0.226 e. The number of imidazole rings is 1. The Morgan fingerprint density at radius 2 is 2.13 bits per heavy atom. The fourth-order valence-corrected chi connectivity index (χ4v) is 4.22. The molecule has 164 valence electrons. The standard InChI is InChI=1S/C19H20ClIN6O4/c1-22-12(28)6-11-14(29)15(30)18(31-11)27-8-24-13-16(25-19(20)26-17(13)27)23-7-9-3-2-4-10(21)5-9/h2-5,8,11,14-15,18,29-30H,6-7H2,1H3,(H,22,28)(H,23,25,26)/t11-,14-,15-,18-/m1/s1. The fraction of sp³-hybridized carbons (Fsp3) is 0.368. The molecular weight excluding hydrogens is 539 g/mol. The zero-order valence-electron chi connectivity index (χ0n) is 16.4. The second-order valence-corrected chi connectivity index (χ2v) is 8.66. The molecule has 0 radical (unpaired) electrons. The minimum absolute atomic E-state index is 0.00524. The number of rotatable bonds is 6. The van der Waals surface area contributed by atoms with Crippen LogP contribution in [0.1, 0.15) is 18.2 Å². The van der Waals surface area contributed by atoms with Crippen LogP contribution in [0, 0.1) is 3.57 Å². The average molecular weight is 559 g/mol. The molecule has 10 nitrogen and oxygen atoms in total. The maximum Gasteiger partial charge on any atom is 0.226 e. The minimum Gasteiger partial charge on any atom is -0.388 e. The third-order valence-corrected chi connectivity index (χ3v) is 5.86. The highest BCUT2D eigenvalue weighted by Crippen LogP contribution is 2.34. The number of hydrogen-bond donors (Lipinski definition) is 4. The summed E-state index contributed by atoms with van der Waals surface area (Å²) in [6.45, 7) is 0.502. The number of aromatic nitrogens is 4. The molecule has 1 aromatic carbocycles. The van der Waals surface area contributed by atoms with E-state index in [4.69, 9.17) is 16.3 Å². The van der Waals surface area contributed by atoms with Gasteiger partial charge in [-0.2, -0.15) is 9.97 Å². The third kappa shape index (κ3) is 4.60. The molecule has 4 atom stereocenters. The first-order valence-electron chi connectivity index (χ1n) is 9.48. The summed E-state index contributed by atoms with van der Waals surface area (Å²) in [4.78, 5) is 24.5. The van der Waals surface area contributed by atoms with Crippen LogP contribution in [0.25, 0.3) is 11.2 Å². The number of benzene rings is 1. The SMILES string of the molecule is CNC(=O)C[C@H]1O[C@@H](n2cnc3c(NCc4cccc(I)c4)nc(Cl)nc32)[C@H](O)[C@@H]1O. The maximum absolute atomic E-state index is 11.7. The van der Waals surface area contributed by atoms with Gasteiger partial charge in [0.2, 0.25) is 11.2 Å². The highest BCUT2D eigenvalue weighted by molar-refractivity contribution is 14.1. The number of nitrogens with zero attached hydrogens (tertiary/aromatic N) is 4. The van der Waals surface area contributed by atoms with Gasteiger partial charge in [-0.25, -0.2) is 4.98 Å². The van der Waals surface area contributed by atoms with Gasteiger partial charge in [0.25, 0.3) is 0 Å². The Balaban J connectivity index is 1.61. The normalized spacial score (nSPS) is 23.3. The van der Waals surface area contributed by atoms with Crippen molar-refractivity contribution in [1.82, 2.24) is 24.8 Å². The zero-order valence-corrected chi connectivity index (χ0v) is 19.3. The number of hydrogen-bond acceptors (Lipinski definition) is 8. The third-order valence-electron chi connectivity index (χ3n) is 5.02. The van der Waals surface area contributed by atoms with E-state index in [0.29, 0.717) is 23.5 Å². The van der Waals surface area contributed by atoms with Crippen LogP contribution in [-0.2, 0) is 16.1 Å². The van der Waals surface area contributed by atoms with Crippen molar-refractivity contribution in [3.63, 3.8) is 0 Å². The molecule has 1 aliphatic heterocycles.